The van der Waals surface area contributed by atoms with E-state index in [9.17, 15) is 18.3 Å². The maximum Gasteiger partial charge on any atom is 0.288 e. The molecule has 0 heterocycles. The minimum absolute atomic E-state index is 0.0459. The lowest BCUT2D eigenvalue weighted by molar-refractivity contribution is 0.252. The highest BCUT2D eigenvalue weighted by Gasteiger charge is 2.15. The highest BCUT2D eigenvalue weighted by molar-refractivity contribution is 7.99. The van der Waals surface area contributed by atoms with E-state index >= 15 is 0 Å². The number of phenolic OH excluding ortho intramolecular Hbond substituents is 1. The molecule has 0 fully saturated rings. The summed E-state index contributed by atoms with van der Waals surface area (Å²) in [5.41, 5.74) is 0.880. The molecule has 0 saturated heterocycles. The molecule has 0 aromatic heterocycles. The van der Waals surface area contributed by atoms with Crippen molar-refractivity contribution in [2.45, 2.75) is 23.6 Å². The van der Waals surface area contributed by atoms with Gasteiger partial charge in [0.15, 0.2) is 0 Å². The molecule has 6 heteroatoms. The second-order valence-corrected chi connectivity index (χ2v) is 5.48. The molecular weight excluding hydrogens is 299 g/mol. The Kier molecular flexibility index (Phi) is 5.01. The van der Waals surface area contributed by atoms with E-state index < -0.39 is 17.6 Å². The van der Waals surface area contributed by atoms with E-state index in [1.807, 2.05) is 0 Å². The fourth-order valence-electron chi connectivity index (χ4n) is 1.97. The number of thioether (sulfide) groups is 1. The van der Waals surface area contributed by atoms with Crippen LogP contribution in [0.25, 0.3) is 0 Å². The molecule has 0 aliphatic rings. The second-order valence-electron chi connectivity index (χ2n) is 4.44. The van der Waals surface area contributed by atoms with E-state index in [1.165, 1.54) is 12.1 Å². The third-order valence-electron chi connectivity index (χ3n) is 2.93. The van der Waals surface area contributed by atoms with Gasteiger partial charge in [0.25, 0.3) is 5.76 Å². The number of alkyl halides is 2. The Labute approximate surface area is 125 Å². The van der Waals surface area contributed by atoms with Crippen LogP contribution in [0.15, 0.2) is 47.4 Å². The topological polar surface area (TPSA) is 32.3 Å². The molecule has 2 rings (SSSR count). The van der Waals surface area contributed by atoms with Crippen molar-refractivity contribution in [3.05, 3.63) is 53.8 Å². The fourth-order valence-corrected chi connectivity index (χ4v) is 2.57. The number of aromatic hydroxyl groups is 1. The number of benzene rings is 2. The number of rotatable bonds is 5. The first-order valence-corrected chi connectivity index (χ1v) is 7.14. The molecule has 2 aromatic carbocycles. The molecule has 0 aliphatic carbocycles. The lowest BCUT2D eigenvalue weighted by Gasteiger charge is -2.19. The van der Waals surface area contributed by atoms with Crippen molar-refractivity contribution < 1.29 is 18.3 Å². The molecule has 2 nitrogen and oxygen atoms in total. The van der Waals surface area contributed by atoms with Gasteiger partial charge in [-0.2, -0.15) is 8.78 Å². The molecule has 1 atom stereocenters. The van der Waals surface area contributed by atoms with Crippen molar-refractivity contribution in [2.24, 2.45) is 0 Å². The molecule has 0 saturated carbocycles. The minimum atomic E-state index is -2.52. The van der Waals surface area contributed by atoms with Gasteiger partial charge in [0.2, 0.25) is 0 Å². The number of anilines is 1. The molecule has 1 unspecified atom stereocenters. The summed E-state index contributed by atoms with van der Waals surface area (Å²) >= 11 is 0.437. The van der Waals surface area contributed by atoms with Crippen LogP contribution in [0.4, 0.5) is 18.9 Å². The van der Waals surface area contributed by atoms with Gasteiger partial charge in [0.05, 0.1) is 6.04 Å². The summed E-state index contributed by atoms with van der Waals surface area (Å²) in [6, 6.07) is 9.84. The first kappa shape index (κ1) is 15.6. The van der Waals surface area contributed by atoms with Crippen LogP contribution in [0.5, 0.6) is 5.75 Å². The minimum Gasteiger partial charge on any atom is -0.508 e. The third-order valence-corrected chi connectivity index (χ3v) is 3.72. The molecular formula is C15H14F3NOS. The van der Waals surface area contributed by atoms with E-state index in [0.717, 1.165) is 6.07 Å². The fraction of sp³-hybridized carbons (Fsp3) is 0.200. The Morgan fingerprint density at radius 2 is 1.86 bits per heavy atom. The quantitative estimate of drug-likeness (QED) is 0.760. The number of nitrogens with one attached hydrogen (secondary N) is 1. The van der Waals surface area contributed by atoms with Crippen LogP contribution in [0.1, 0.15) is 18.5 Å². The van der Waals surface area contributed by atoms with Crippen LogP contribution in [0, 0.1) is 5.82 Å². The lowest BCUT2D eigenvalue weighted by Crippen LogP contribution is -2.08. The molecule has 0 amide bonds. The van der Waals surface area contributed by atoms with Gasteiger partial charge in [-0.15, -0.1) is 0 Å². The molecule has 2 aromatic rings. The van der Waals surface area contributed by atoms with Crippen LogP contribution in [0.3, 0.4) is 0 Å². The monoisotopic (exact) mass is 313 g/mol. The Morgan fingerprint density at radius 3 is 2.57 bits per heavy atom. The smallest absolute Gasteiger partial charge is 0.288 e. The zero-order chi connectivity index (χ0) is 15.4. The van der Waals surface area contributed by atoms with Crippen LogP contribution in [0.2, 0.25) is 0 Å². The maximum atomic E-state index is 13.3. The molecule has 21 heavy (non-hydrogen) atoms. The average molecular weight is 313 g/mol. The summed E-state index contributed by atoms with van der Waals surface area (Å²) in [5.74, 6) is -3.03. The summed E-state index contributed by atoms with van der Waals surface area (Å²) < 4.78 is 38.3. The number of hydrogen-bond acceptors (Lipinski definition) is 3. The van der Waals surface area contributed by atoms with Crippen molar-refractivity contribution in [3.8, 4) is 5.75 Å². The maximum absolute atomic E-state index is 13.3. The molecule has 0 bridgehead atoms. The van der Waals surface area contributed by atoms with E-state index in [-0.39, 0.29) is 5.75 Å². The third kappa shape index (κ3) is 4.07. The molecule has 112 valence electrons. The first-order chi connectivity index (χ1) is 9.97. The van der Waals surface area contributed by atoms with Crippen molar-refractivity contribution in [1.82, 2.24) is 0 Å². The molecule has 2 N–H and O–H groups in total. The summed E-state index contributed by atoms with van der Waals surface area (Å²) in [6.45, 7) is 1.72. The van der Waals surface area contributed by atoms with Crippen molar-refractivity contribution in [3.63, 3.8) is 0 Å². The SMILES string of the molecule is CC(Nc1ccccc1SC(F)F)c1cc(F)ccc1O. The van der Waals surface area contributed by atoms with Gasteiger partial charge in [-0.3, -0.25) is 0 Å². The van der Waals surface area contributed by atoms with Crippen molar-refractivity contribution in [1.29, 1.82) is 0 Å². The standard InChI is InChI=1S/C15H14F3NOS/c1-9(11-8-10(16)6-7-13(11)20)19-12-4-2-3-5-14(12)21-15(17)18/h2-9,15,19-20H,1H3. The van der Waals surface area contributed by atoms with Crippen LogP contribution in [-0.4, -0.2) is 10.9 Å². The van der Waals surface area contributed by atoms with Crippen molar-refractivity contribution in [2.75, 3.05) is 5.32 Å². The molecule has 0 spiro atoms. The first-order valence-electron chi connectivity index (χ1n) is 6.26. The predicted octanol–water partition coefficient (Wildman–Crippen LogP) is 5.02. The summed E-state index contributed by atoms with van der Waals surface area (Å²) in [4.78, 5) is 0.398. The Balaban J connectivity index is 2.23. The van der Waals surface area contributed by atoms with E-state index in [4.69, 9.17) is 0 Å². The lowest BCUT2D eigenvalue weighted by atomic mass is 10.1. The zero-order valence-corrected chi connectivity index (χ0v) is 12.0. The highest BCUT2D eigenvalue weighted by atomic mass is 32.2. The van der Waals surface area contributed by atoms with Crippen LogP contribution < -0.4 is 5.32 Å². The second kappa shape index (κ2) is 6.76. The highest BCUT2D eigenvalue weighted by Crippen LogP contribution is 2.34. The van der Waals surface area contributed by atoms with Gasteiger partial charge in [-0.1, -0.05) is 23.9 Å². The van der Waals surface area contributed by atoms with Crippen molar-refractivity contribution >= 4 is 17.4 Å². The van der Waals surface area contributed by atoms with Gasteiger partial charge in [0, 0.05) is 16.1 Å². The number of halogens is 3. The number of phenols is 1. The number of hydrogen-bond donors (Lipinski definition) is 2. The molecule has 0 radical (unpaired) electrons. The van der Waals surface area contributed by atoms with Gasteiger partial charge in [-0.25, -0.2) is 4.39 Å². The van der Waals surface area contributed by atoms with E-state index in [2.05, 4.69) is 5.32 Å². The zero-order valence-electron chi connectivity index (χ0n) is 11.2. The largest absolute Gasteiger partial charge is 0.508 e. The van der Waals surface area contributed by atoms with Crippen LogP contribution >= 0.6 is 11.8 Å². The summed E-state index contributed by atoms with van der Waals surface area (Å²) in [6.07, 6.45) is 0. The Hall–Kier alpha value is -1.82. The van der Waals surface area contributed by atoms with Gasteiger partial charge in [0.1, 0.15) is 11.6 Å². The normalized spacial score (nSPS) is 12.4. The van der Waals surface area contributed by atoms with E-state index in [0.29, 0.717) is 27.9 Å². The predicted molar refractivity (Wildman–Crippen MR) is 78.4 cm³/mol. The van der Waals surface area contributed by atoms with Gasteiger partial charge < -0.3 is 10.4 Å². The summed E-state index contributed by atoms with van der Waals surface area (Å²) in [5, 5.41) is 12.8. The van der Waals surface area contributed by atoms with Crippen LogP contribution in [-0.2, 0) is 0 Å². The summed E-state index contributed by atoms with van der Waals surface area (Å²) in [7, 11) is 0. The van der Waals surface area contributed by atoms with Gasteiger partial charge in [-0.05, 0) is 37.3 Å². The Bertz CT molecular complexity index is 622. The van der Waals surface area contributed by atoms with E-state index in [1.54, 1.807) is 31.2 Å². The molecule has 0 aliphatic heterocycles. The number of para-hydroxylation sites is 1. The Morgan fingerprint density at radius 1 is 1.14 bits per heavy atom. The average Bonchev–Trinajstić information content (AvgIpc) is 2.43. The van der Waals surface area contributed by atoms with Gasteiger partial charge >= 0.3 is 0 Å².